The van der Waals surface area contributed by atoms with E-state index in [-0.39, 0.29) is 5.82 Å². The molecular formula is C17H17ClFN. The van der Waals surface area contributed by atoms with E-state index in [9.17, 15) is 4.39 Å². The molecule has 1 nitrogen and oxygen atoms in total. The quantitative estimate of drug-likeness (QED) is 0.766. The van der Waals surface area contributed by atoms with Crippen LogP contribution in [0.4, 0.5) is 10.1 Å². The van der Waals surface area contributed by atoms with Gasteiger partial charge in [-0.15, -0.1) is 0 Å². The van der Waals surface area contributed by atoms with Gasteiger partial charge in [-0.1, -0.05) is 23.7 Å². The number of fused-ring (bicyclic) bond motifs is 1. The Morgan fingerprint density at radius 2 is 2.10 bits per heavy atom. The summed E-state index contributed by atoms with van der Waals surface area (Å²) in [5, 5.41) is 0.756. The third-order valence-electron chi connectivity index (χ3n) is 3.96. The zero-order chi connectivity index (χ0) is 14.1. The van der Waals surface area contributed by atoms with Gasteiger partial charge in [-0.3, -0.25) is 0 Å². The third-order valence-corrected chi connectivity index (χ3v) is 4.19. The molecule has 1 atom stereocenters. The van der Waals surface area contributed by atoms with E-state index >= 15 is 0 Å². The van der Waals surface area contributed by atoms with Crippen LogP contribution in [0.2, 0.25) is 5.02 Å². The highest BCUT2D eigenvalue weighted by Crippen LogP contribution is 2.32. The van der Waals surface area contributed by atoms with E-state index < -0.39 is 0 Å². The normalized spacial score (nSPS) is 17.9. The van der Waals surface area contributed by atoms with Gasteiger partial charge in [-0.2, -0.15) is 0 Å². The summed E-state index contributed by atoms with van der Waals surface area (Å²) in [6.45, 7) is 3.03. The first-order valence-corrected chi connectivity index (χ1v) is 7.31. The Morgan fingerprint density at radius 1 is 1.25 bits per heavy atom. The summed E-state index contributed by atoms with van der Waals surface area (Å²) in [6.07, 6.45) is 2.00. The van der Waals surface area contributed by atoms with Gasteiger partial charge in [0.05, 0.1) is 0 Å². The summed E-state index contributed by atoms with van der Waals surface area (Å²) in [6, 6.07) is 13.5. The van der Waals surface area contributed by atoms with Crippen LogP contribution >= 0.6 is 11.6 Å². The summed E-state index contributed by atoms with van der Waals surface area (Å²) in [4.78, 5) is 2.34. The van der Waals surface area contributed by atoms with Gasteiger partial charge in [0.25, 0.3) is 0 Å². The Bertz CT molecular complexity index is 626. The van der Waals surface area contributed by atoms with Crippen molar-refractivity contribution in [3.63, 3.8) is 0 Å². The molecule has 20 heavy (non-hydrogen) atoms. The SMILES string of the molecule is CC1CCc2cc(F)ccc2N1Cc1cccc(Cl)c1. The largest absolute Gasteiger partial charge is 0.364 e. The molecule has 0 spiro atoms. The number of nitrogens with zero attached hydrogens (tertiary/aromatic N) is 1. The van der Waals surface area contributed by atoms with E-state index in [0.29, 0.717) is 6.04 Å². The molecule has 0 bridgehead atoms. The maximum absolute atomic E-state index is 13.4. The van der Waals surface area contributed by atoms with Crippen molar-refractivity contribution >= 4 is 17.3 Å². The smallest absolute Gasteiger partial charge is 0.123 e. The van der Waals surface area contributed by atoms with Gasteiger partial charge in [0.1, 0.15) is 5.82 Å². The molecule has 1 aliphatic heterocycles. The van der Waals surface area contributed by atoms with Crippen molar-refractivity contribution in [1.82, 2.24) is 0 Å². The molecule has 1 aliphatic rings. The fraction of sp³-hybridized carbons (Fsp3) is 0.294. The van der Waals surface area contributed by atoms with Crippen LogP contribution in [-0.2, 0) is 13.0 Å². The molecule has 2 aromatic carbocycles. The van der Waals surface area contributed by atoms with Crippen molar-refractivity contribution < 1.29 is 4.39 Å². The first kappa shape index (κ1) is 13.4. The van der Waals surface area contributed by atoms with Crippen LogP contribution in [0.1, 0.15) is 24.5 Å². The molecule has 0 aromatic heterocycles. The summed E-state index contributed by atoms with van der Waals surface area (Å²) in [5.74, 6) is -0.152. The first-order valence-electron chi connectivity index (χ1n) is 6.93. The molecule has 104 valence electrons. The van der Waals surface area contributed by atoms with Gasteiger partial charge in [0.2, 0.25) is 0 Å². The predicted molar refractivity (Wildman–Crippen MR) is 81.8 cm³/mol. The Labute approximate surface area is 124 Å². The summed E-state index contributed by atoms with van der Waals surface area (Å²) in [5.41, 5.74) is 3.43. The van der Waals surface area contributed by atoms with Crippen LogP contribution in [0.5, 0.6) is 0 Å². The maximum Gasteiger partial charge on any atom is 0.123 e. The van der Waals surface area contributed by atoms with Crippen LogP contribution in [0.3, 0.4) is 0 Å². The van der Waals surface area contributed by atoms with Crippen LogP contribution < -0.4 is 4.90 Å². The Kier molecular flexibility index (Phi) is 3.66. The predicted octanol–water partition coefficient (Wildman–Crippen LogP) is 4.82. The molecule has 1 unspecified atom stereocenters. The lowest BCUT2D eigenvalue weighted by atomic mass is 9.96. The molecule has 0 saturated carbocycles. The Morgan fingerprint density at radius 3 is 2.90 bits per heavy atom. The van der Waals surface area contributed by atoms with E-state index in [1.165, 1.54) is 5.56 Å². The number of aryl methyl sites for hydroxylation is 1. The van der Waals surface area contributed by atoms with Crippen LogP contribution in [0, 0.1) is 5.82 Å². The minimum Gasteiger partial charge on any atom is -0.364 e. The highest BCUT2D eigenvalue weighted by Gasteiger charge is 2.23. The van der Waals surface area contributed by atoms with E-state index in [2.05, 4.69) is 17.9 Å². The number of hydrogen-bond donors (Lipinski definition) is 0. The van der Waals surface area contributed by atoms with Crippen LogP contribution in [-0.4, -0.2) is 6.04 Å². The average molecular weight is 290 g/mol. The van der Waals surface area contributed by atoms with Crippen molar-refractivity contribution in [2.75, 3.05) is 4.90 Å². The zero-order valence-corrected chi connectivity index (χ0v) is 12.2. The average Bonchev–Trinajstić information content (AvgIpc) is 2.42. The van der Waals surface area contributed by atoms with E-state index in [0.717, 1.165) is 35.7 Å². The number of halogens is 2. The molecule has 3 rings (SSSR count). The molecule has 0 amide bonds. The fourth-order valence-electron chi connectivity index (χ4n) is 2.87. The second kappa shape index (κ2) is 5.45. The molecule has 0 radical (unpaired) electrons. The molecule has 0 fully saturated rings. The van der Waals surface area contributed by atoms with Crippen molar-refractivity contribution in [2.24, 2.45) is 0 Å². The summed E-state index contributed by atoms with van der Waals surface area (Å²) >= 11 is 6.05. The molecule has 1 heterocycles. The van der Waals surface area contributed by atoms with Gasteiger partial charge in [0.15, 0.2) is 0 Å². The standard InChI is InChI=1S/C17H17ClFN/c1-12-5-6-14-10-16(19)7-8-17(14)20(12)11-13-3-2-4-15(18)9-13/h2-4,7-10,12H,5-6,11H2,1H3. The molecule has 3 heteroatoms. The van der Waals surface area contributed by atoms with Gasteiger partial charge < -0.3 is 4.90 Å². The van der Waals surface area contributed by atoms with Crippen LogP contribution in [0.15, 0.2) is 42.5 Å². The van der Waals surface area contributed by atoms with Gasteiger partial charge in [-0.25, -0.2) is 4.39 Å². The fourth-order valence-corrected chi connectivity index (χ4v) is 3.08. The number of anilines is 1. The van der Waals surface area contributed by atoms with Crippen LogP contribution in [0.25, 0.3) is 0 Å². The summed E-state index contributed by atoms with van der Waals surface area (Å²) in [7, 11) is 0. The molecular weight excluding hydrogens is 273 g/mol. The van der Waals surface area contributed by atoms with Crippen molar-refractivity contribution in [1.29, 1.82) is 0 Å². The second-order valence-electron chi connectivity index (χ2n) is 5.42. The lowest BCUT2D eigenvalue weighted by molar-refractivity contribution is 0.554. The van der Waals surface area contributed by atoms with Crippen molar-refractivity contribution in [3.8, 4) is 0 Å². The zero-order valence-electron chi connectivity index (χ0n) is 11.4. The van der Waals surface area contributed by atoms with Gasteiger partial charge in [-0.05, 0) is 61.2 Å². The third kappa shape index (κ3) is 2.66. The van der Waals surface area contributed by atoms with Gasteiger partial charge in [0, 0.05) is 23.3 Å². The maximum atomic E-state index is 13.4. The molecule has 0 N–H and O–H groups in total. The Balaban J connectivity index is 1.93. The molecule has 2 aromatic rings. The second-order valence-corrected chi connectivity index (χ2v) is 5.85. The lowest BCUT2D eigenvalue weighted by Crippen LogP contribution is -2.36. The van der Waals surface area contributed by atoms with E-state index in [1.54, 1.807) is 12.1 Å². The monoisotopic (exact) mass is 289 g/mol. The minimum absolute atomic E-state index is 0.152. The topological polar surface area (TPSA) is 3.24 Å². The number of rotatable bonds is 2. The number of hydrogen-bond acceptors (Lipinski definition) is 1. The highest BCUT2D eigenvalue weighted by atomic mass is 35.5. The van der Waals surface area contributed by atoms with E-state index in [4.69, 9.17) is 11.6 Å². The molecule has 0 saturated heterocycles. The summed E-state index contributed by atoms with van der Waals surface area (Å²) < 4.78 is 13.4. The molecule has 0 aliphatic carbocycles. The van der Waals surface area contributed by atoms with Crippen molar-refractivity contribution in [3.05, 3.63) is 64.4 Å². The number of benzene rings is 2. The highest BCUT2D eigenvalue weighted by molar-refractivity contribution is 6.30. The lowest BCUT2D eigenvalue weighted by Gasteiger charge is -2.37. The Hall–Kier alpha value is -1.54. The van der Waals surface area contributed by atoms with Gasteiger partial charge >= 0.3 is 0 Å². The first-order chi connectivity index (χ1) is 9.63. The minimum atomic E-state index is -0.152. The van der Waals surface area contributed by atoms with E-state index in [1.807, 2.05) is 24.3 Å². The van der Waals surface area contributed by atoms with Crippen molar-refractivity contribution in [2.45, 2.75) is 32.4 Å².